The summed E-state index contributed by atoms with van der Waals surface area (Å²) in [5.41, 5.74) is 4.64. The molecule has 0 unspecified atom stereocenters. The van der Waals surface area contributed by atoms with Crippen molar-refractivity contribution in [3.8, 4) is 11.5 Å². The molecule has 2 heterocycles. The zero-order valence-corrected chi connectivity index (χ0v) is 29.7. The van der Waals surface area contributed by atoms with Gasteiger partial charge in [0, 0.05) is 10.6 Å². The molecular formula is C39H34Cl2N2O5S. The van der Waals surface area contributed by atoms with Crippen LogP contribution in [0.4, 0.5) is 0 Å². The van der Waals surface area contributed by atoms with Crippen LogP contribution >= 0.6 is 34.5 Å². The summed E-state index contributed by atoms with van der Waals surface area (Å²) in [4.78, 5) is 33.5. The van der Waals surface area contributed by atoms with Crippen LogP contribution in [0.1, 0.15) is 60.5 Å². The standard InChI is InChI=1S/C39H34Cl2N2O5S/c1-5-47-38(45)33-34(27-11-7-6-8-12-27)42-39-43(35(33)28-16-14-26(15-17-28)23(2)3)37(44)32(49-39)21-25-19-30(41)36(31(20-25)46-4)48-22-24-10-9-13-29(40)18-24/h6-21,23,35H,5,22H2,1-4H3/b32-21-/t35-/m1/s1. The minimum absolute atomic E-state index is 0.176. The van der Waals surface area contributed by atoms with Crippen molar-refractivity contribution in [1.82, 2.24) is 4.57 Å². The molecule has 1 aliphatic heterocycles. The third kappa shape index (κ3) is 7.22. The number of fused-ring (bicyclic) bond motifs is 1. The molecule has 4 aromatic carbocycles. The summed E-state index contributed by atoms with van der Waals surface area (Å²) < 4.78 is 19.3. The van der Waals surface area contributed by atoms with E-state index < -0.39 is 12.0 Å². The monoisotopic (exact) mass is 712 g/mol. The summed E-state index contributed by atoms with van der Waals surface area (Å²) in [6, 6.07) is 27.6. The van der Waals surface area contributed by atoms with E-state index in [0.29, 0.717) is 53.6 Å². The number of thiazole rings is 1. The molecule has 10 heteroatoms. The van der Waals surface area contributed by atoms with Crippen LogP contribution in [0.15, 0.2) is 106 Å². The molecule has 1 atom stereocenters. The molecule has 7 nitrogen and oxygen atoms in total. The first-order chi connectivity index (χ1) is 23.7. The van der Waals surface area contributed by atoms with E-state index in [1.807, 2.05) is 72.8 Å². The van der Waals surface area contributed by atoms with Crippen LogP contribution in [-0.4, -0.2) is 24.3 Å². The molecule has 250 valence electrons. The molecule has 1 aromatic heterocycles. The average Bonchev–Trinajstić information content (AvgIpc) is 3.41. The maximum Gasteiger partial charge on any atom is 0.338 e. The molecule has 0 bridgehead atoms. The smallest absolute Gasteiger partial charge is 0.338 e. The van der Waals surface area contributed by atoms with Crippen LogP contribution in [0.3, 0.4) is 0 Å². The van der Waals surface area contributed by atoms with Gasteiger partial charge in [-0.25, -0.2) is 9.79 Å². The zero-order chi connectivity index (χ0) is 34.7. The van der Waals surface area contributed by atoms with Gasteiger partial charge >= 0.3 is 5.97 Å². The topological polar surface area (TPSA) is 79.1 Å². The van der Waals surface area contributed by atoms with Crippen LogP contribution in [0.25, 0.3) is 11.8 Å². The number of esters is 1. The molecular weight excluding hydrogens is 679 g/mol. The first kappa shape index (κ1) is 34.2. The van der Waals surface area contributed by atoms with Crippen LogP contribution < -0.4 is 24.4 Å². The van der Waals surface area contributed by atoms with E-state index in [1.165, 1.54) is 18.4 Å². The highest BCUT2D eigenvalue weighted by Crippen LogP contribution is 2.38. The number of methoxy groups -OCH3 is 1. The summed E-state index contributed by atoms with van der Waals surface area (Å²) in [6.45, 7) is 6.41. The highest BCUT2D eigenvalue weighted by Gasteiger charge is 2.35. The molecule has 0 saturated heterocycles. The molecule has 49 heavy (non-hydrogen) atoms. The Kier molecular flexibility index (Phi) is 10.4. The van der Waals surface area contributed by atoms with Gasteiger partial charge in [-0.3, -0.25) is 9.36 Å². The molecule has 0 fully saturated rings. The summed E-state index contributed by atoms with van der Waals surface area (Å²) >= 11 is 14.1. The summed E-state index contributed by atoms with van der Waals surface area (Å²) in [5, 5.41) is 0.926. The van der Waals surface area contributed by atoms with E-state index >= 15 is 0 Å². The number of aromatic nitrogens is 1. The summed E-state index contributed by atoms with van der Waals surface area (Å²) in [5.74, 6) is 0.572. The number of carbonyl (C=O) groups is 1. The predicted molar refractivity (Wildman–Crippen MR) is 195 cm³/mol. The molecule has 0 saturated carbocycles. The quantitative estimate of drug-likeness (QED) is 0.137. The largest absolute Gasteiger partial charge is 0.493 e. The minimum Gasteiger partial charge on any atom is -0.493 e. The molecule has 5 aromatic rings. The number of hydrogen-bond donors (Lipinski definition) is 0. The molecule has 0 N–H and O–H groups in total. The van der Waals surface area contributed by atoms with E-state index in [2.05, 4.69) is 13.8 Å². The van der Waals surface area contributed by atoms with Gasteiger partial charge in [0.15, 0.2) is 16.3 Å². The highest BCUT2D eigenvalue weighted by molar-refractivity contribution is 7.07. The van der Waals surface area contributed by atoms with Gasteiger partial charge in [-0.1, -0.05) is 115 Å². The van der Waals surface area contributed by atoms with Crippen LogP contribution in [0.5, 0.6) is 11.5 Å². The van der Waals surface area contributed by atoms with Crippen LogP contribution in [0, 0.1) is 0 Å². The van der Waals surface area contributed by atoms with E-state index in [1.54, 1.807) is 35.8 Å². The average molecular weight is 714 g/mol. The first-order valence-corrected chi connectivity index (χ1v) is 17.4. The van der Waals surface area contributed by atoms with E-state index in [4.69, 9.17) is 42.4 Å². The third-order valence-electron chi connectivity index (χ3n) is 8.11. The number of hydrogen-bond acceptors (Lipinski definition) is 7. The Morgan fingerprint density at radius 2 is 1.76 bits per heavy atom. The van der Waals surface area contributed by atoms with Crippen molar-refractivity contribution in [2.24, 2.45) is 4.99 Å². The van der Waals surface area contributed by atoms with Crippen molar-refractivity contribution in [3.63, 3.8) is 0 Å². The van der Waals surface area contributed by atoms with E-state index in [-0.39, 0.29) is 18.8 Å². The lowest BCUT2D eigenvalue weighted by molar-refractivity contribution is -0.138. The Hall–Kier alpha value is -4.63. The SMILES string of the molecule is CCOC(=O)C1=C(c2ccccc2)N=c2s/c(=C\c3cc(Cl)c(OCc4cccc(Cl)c4)c(OC)c3)c(=O)n2[C@@H]1c1ccc(C(C)C)cc1. The Bertz CT molecular complexity index is 2220. The first-order valence-electron chi connectivity index (χ1n) is 15.8. The van der Waals surface area contributed by atoms with Crippen LogP contribution in [0.2, 0.25) is 10.0 Å². The fourth-order valence-corrected chi connectivity index (χ4v) is 7.20. The van der Waals surface area contributed by atoms with E-state index in [9.17, 15) is 9.59 Å². The molecule has 0 radical (unpaired) electrons. The molecule has 0 spiro atoms. The number of ether oxygens (including phenoxy) is 3. The number of carbonyl (C=O) groups excluding carboxylic acids is 1. The second-order valence-corrected chi connectivity index (χ2v) is 13.6. The zero-order valence-electron chi connectivity index (χ0n) is 27.4. The maximum absolute atomic E-state index is 14.3. The lowest BCUT2D eigenvalue weighted by atomic mass is 9.91. The molecule has 1 aliphatic rings. The normalized spacial score (nSPS) is 14.4. The molecule has 6 rings (SSSR count). The fourth-order valence-electron chi connectivity index (χ4n) is 5.72. The lowest BCUT2D eigenvalue weighted by Gasteiger charge is -2.26. The molecule has 0 aliphatic carbocycles. The van der Waals surface area contributed by atoms with Gasteiger partial charge in [-0.05, 0) is 65.4 Å². The minimum atomic E-state index is -0.769. The van der Waals surface area contributed by atoms with Crippen molar-refractivity contribution in [3.05, 3.63) is 154 Å². The second kappa shape index (κ2) is 14.9. The van der Waals surface area contributed by atoms with Gasteiger partial charge in [-0.15, -0.1) is 0 Å². The predicted octanol–water partition coefficient (Wildman–Crippen LogP) is 7.95. The van der Waals surface area contributed by atoms with Gasteiger partial charge in [-0.2, -0.15) is 0 Å². The van der Waals surface area contributed by atoms with Gasteiger partial charge in [0.1, 0.15) is 6.61 Å². The highest BCUT2D eigenvalue weighted by atomic mass is 35.5. The maximum atomic E-state index is 14.3. The van der Waals surface area contributed by atoms with Gasteiger partial charge < -0.3 is 14.2 Å². The summed E-state index contributed by atoms with van der Waals surface area (Å²) in [6.07, 6.45) is 1.74. The van der Waals surface area contributed by atoms with Gasteiger partial charge in [0.2, 0.25) is 0 Å². The number of benzene rings is 4. The summed E-state index contributed by atoms with van der Waals surface area (Å²) in [7, 11) is 1.53. The van der Waals surface area contributed by atoms with Crippen molar-refractivity contribution < 1.29 is 19.0 Å². The number of nitrogens with zero attached hydrogens (tertiary/aromatic N) is 2. The van der Waals surface area contributed by atoms with Gasteiger partial charge in [0.05, 0.1) is 40.6 Å². The second-order valence-electron chi connectivity index (χ2n) is 11.7. The Balaban J connectivity index is 1.49. The fraction of sp³-hybridized carbons (Fsp3) is 0.205. The lowest BCUT2D eigenvalue weighted by Crippen LogP contribution is -2.40. The number of halogens is 2. The van der Waals surface area contributed by atoms with E-state index in [0.717, 1.165) is 22.3 Å². The Labute approximate surface area is 298 Å². The van der Waals surface area contributed by atoms with Crippen LogP contribution in [-0.2, 0) is 16.1 Å². The third-order valence-corrected chi connectivity index (χ3v) is 9.61. The Morgan fingerprint density at radius 1 is 1.00 bits per heavy atom. The van der Waals surface area contributed by atoms with Crippen molar-refractivity contribution >= 4 is 52.3 Å². The van der Waals surface area contributed by atoms with Crippen molar-refractivity contribution in [1.29, 1.82) is 0 Å². The van der Waals surface area contributed by atoms with Crippen molar-refractivity contribution in [2.45, 2.75) is 39.3 Å². The molecule has 0 amide bonds. The van der Waals surface area contributed by atoms with Gasteiger partial charge in [0.25, 0.3) is 5.56 Å². The number of rotatable bonds is 10. The Morgan fingerprint density at radius 3 is 2.43 bits per heavy atom. The van der Waals surface area contributed by atoms with Crippen molar-refractivity contribution in [2.75, 3.05) is 13.7 Å².